The third-order valence-electron chi connectivity index (χ3n) is 5.08. The summed E-state index contributed by atoms with van der Waals surface area (Å²) in [5.74, 6) is 1.88. The molecule has 3 heterocycles. The van der Waals surface area contributed by atoms with E-state index in [9.17, 15) is 4.79 Å². The first-order valence-corrected chi connectivity index (χ1v) is 9.56. The van der Waals surface area contributed by atoms with Crippen LogP contribution in [0.15, 0.2) is 36.7 Å². The zero-order valence-electron chi connectivity index (χ0n) is 17.0. The highest BCUT2D eigenvalue weighted by molar-refractivity contribution is 6.10. The number of nitrogens with zero attached hydrogens (tertiary/aromatic N) is 5. The summed E-state index contributed by atoms with van der Waals surface area (Å²) in [5.41, 5.74) is 3.40. The van der Waals surface area contributed by atoms with Crippen molar-refractivity contribution in [3.05, 3.63) is 53.3 Å². The number of nitrogens with one attached hydrogen (secondary N) is 1. The van der Waals surface area contributed by atoms with E-state index < -0.39 is 0 Å². The molecule has 1 amide bonds. The van der Waals surface area contributed by atoms with Crippen molar-refractivity contribution in [1.29, 1.82) is 0 Å². The van der Waals surface area contributed by atoms with Gasteiger partial charge in [0, 0.05) is 18.2 Å². The number of benzene rings is 1. The molecular formula is C21H24N6O2. The van der Waals surface area contributed by atoms with Gasteiger partial charge in [-0.3, -0.25) is 9.69 Å². The summed E-state index contributed by atoms with van der Waals surface area (Å²) in [4.78, 5) is 19.6. The Morgan fingerprint density at radius 2 is 2.10 bits per heavy atom. The number of aromatic nitrogens is 4. The van der Waals surface area contributed by atoms with Crippen molar-refractivity contribution in [1.82, 2.24) is 25.1 Å². The van der Waals surface area contributed by atoms with E-state index in [0.29, 0.717) is 41.7 Å². The van der Waals surface area contributed by atoms with Gasteiger partial charge in [-0.25, -0.2) is 4.98 Å². The Hall–Kier alpha value is -3.26. The van der Waals surface area contributed by atoms with Gasteiger partial charge in [0.1, 0.15) is 23.6 Å². The van der Waals surface area contributed by atoms with Crippen LogP contribution in [0.5, 0.6) is 5.75 Å². The second kappa shape index (κ2) is 7.63. The van der Waals surface area contributed by atoms with Gasteiger partial charge in [-0.2, -0.15) is 0 Å². The van der Waals surface area contributed by atoms with Crippen LogP contribution in [0.1, 0.15) is 41.4 Å². The van der Waals surface area contributed by atoms with Crippen molar-refractivity contribution < 1.29 is 9.53 Å². The Bertz CT molecular complexity index is 1060. The summed E-state index contributed by atoms with van der Waals surface area (Å²) in [7, 11) is 3.49. The summed E-state index contributed by atoms with van der Waals surface area (Å²) < 4.78 is 7.35. The molecule has 0 spiro atoms. The number of amides is 1. The monoisotopic (exact) mass is 392 g/mol. The summed E-state index contributed by atoms with van der Waals surface area (Å²) in [6.07, 6.45) is 1.70. The predicted octanol–water partition coefficient (Wildman–Crippen LogP) is 2.81. The molecule has 8 nitrogen and oxygen atoms in total. The molecular weight excluding hydrogens is 368 g/mol. The number of methoxy groups -OCH3 is 1. The van der Waals surface area contributed by atoms with Crippen molar-refractivity contribution in [2.24, 2.45) is 0 Å². The highest BCUT2D eigenvalue weighted by Gasteiger charge is 2.32. The van der Waals surface area contributed by atoms with Crippen LogP contribution >= 0.6 is 0 Å². The lowest BCUT2D eigenvalue weighted by atomic mass is 10.0. The Morgan fingerprint density at radius 1 is 1.28 bits per heavy atom. The minimum Gasteiger partial charge on any atom is -0.497 e. The Labute approximate surface area is 169 Å². The highest BCUT2D eigenvalue weighted by atomic mass is 16.5. The van der Waals surface area contributed by atoms with Gasteiger partial charge in [-0.05, 0) is 56.3 Å². The fraction of sp³-hybridized carbons (Fsp3) is 0.333. The van der Waals surface area contributed by atoms with Crippen molar-refractivity contribution in [3.63, 3.8) is 0 Å². The average molecular weight is 392 g/mol. The van der Waals surface area contributed by atoms with Crippen molar-refractivity contribution in [3.8, 4) is 17.3 Å². The fourth-order valence-electron chi connectivity index (χ4n) is 3.61. The Kier molecular flexibility index (Phi) is 5.02. The molecule has 0 saturated carbocycles. The smallest absolute Gasteiger partial charge is 0.260 e. The number of hydrogen-bond acceptors (Lipinski definition) is 6. The molecule has 150 valence electrons. The molecule has 3 aromatic rings. The molecule has 0 saturated heterocycles. The molecule has 0 atom stereocenters. The number of fused-ring (bicyclic) bond motifs is 1. The molecule has 0 bridgehead atoms. The summed E-state index contributed by atoms with van der Waals surface area (Å²) >= 11 is 0. The van der Waals surface area contributed by atoms with Crippen LogP contribution in [-0.2, 0) is 13.1 Å². The normalized spacial score (nSPS) is 13.3. The van der Waals surface area contributed by atoms with Crippen LogP contribution in [0.4, 0.5) is 5.82 Å². The zero-order valence-corrected chi connectivity index (χ0v) is 17.0. The molecule has 8 heteroatoms. The van der Waals surface area contributed by atoms with Gasteiger partial charge in [0.25, 0.3) is 5.91 Å². The number of carbonyl (C=O) groups excluding carboxylic acids is 1. The van der Waals surface area contributed by atoms with Crippen molar-refractivity contribution in [2.75, 3.05) is 19.1 Å². The van der Waals surface area contributed by atoms with E-state index in [2.05, 4.69) is 29.4 Å². The predicted molar refractivity (Wildman–Crippen MR) is 110 cm³/mol. The lowest BCUT2D eigenvalue weighted by Crippen LogP contribution is -2.24. The summed E-state index contributed by atoms with van der Waals surface area (Å²) in [6, 6.07) is 9.60. The summed E-state index contributed by atoms with van der Waals surface area (Å²) in [5, 5.41) is 11.4. The van der Waals surface area contributed by atoms with E-state index in [4.69, 9.17) is 9.72 Å². The van der Waals surface area contributed by atoms with Gasteiger partial charge in [-0.1, -0.05) is 6.07 Å². The maximum absolute atomic E-state index is 13.2. The molecule has 1 aliphatic heterocycles. The summed E-state index contributed by atoms with van der Waals surface area (Å²) in [6.45, 7) is 5.26. The van der Waals surface area contributed by atoms with Crippen LogP contribution in [0.25, 0.3) is 11.5 Å². The molecule has 0 aliphatic carbocycles. The second-order valence-electron chi connectivity index (χ2n) is 7.27. The number of ether oxygens (including phenoxy) is 1. The fourth-order valence-corrected chi connectivity index (χ4v) is 3.61. The number of pyridine rings is 1. The highest BCUT2D eigenvalue weighted by Crippen LogP contribution is 2.33. The molecule has 0 radical (unpaired) electrons. The van der Waals surface area contributed by atoms with Crippen molar-refractivity contribution >= 4 is 11.7 Å². The third kappa shape index (κ3) is 3.36. The standard InChI is InChI=1S/C21H24N6O2/c1-13(2)27-12-23-25-20(27)18-6-5-7-19(24-18)26-11-17-14(10-22-3)8-15(29-4)9-16(17)21(26)28/h5-9,12-13,22H,10-11H2,1-4H3. The lowest BCUT2D eigenvalue weighted by Gasteiger charge is -2.16. The lowest BCUT2D eigenvalue weighted by molar-refractivity contribution is 0.0995. The van der Waals surface area contributed by atoms with E-state index >= 15 is 0 Å². The van der Waals surface area contributed by atoms with Crippen LogP contribution in [0.2, 0.25) is 0 Å². The van der Waals surface area contributed by atoms with E-state index in [1.165, 1.54) is 0 Å². The second-order valence-corrected chi connectivity index (χ2v) is 7.27. The molecule has 0 fully saturated rings. The van der Waals surface area contributed by atoms with Crippen LogP contribution in [0, 0.1) is 0 Å². The van der Waals surface area contributed by atoms with Crippen LogP contribution in [0.3, 0.4) is 0 Å². The van der Waals surface area contributed by atoms with Gasteiger partial charge in [-0.15, -0.1) is 10.2 Å². The van der Waals surface area contributed by atoms with E-state index in [1.54, 1.807) is 24.4 Å². The first-order valence-electron chi connectivity index (χ1n) is 9.56. The van der Waals surface area contributed by atoms with Crippen LogP contribution in [-0.4, -0.2) is 39.8 Å². The average Bonchev–Trinajstić information content (AvgIpc) is 3.34. The first kappa shape index (κ1) is 19.1. The zero-order chi connectivity index (χ0) is 20.5. The minimum atomic E-state index is -0.0776. The molecule has 1 aliphatic rings. The van der Waals surface area contributed by atoms with Gasteiger partial charge in [0.2, 0.25) is 0 Å². The maximum Gasteiger partial charge on any atom is 0.260 e. The molecule has 4 rings (SSSR count). The topological polar surface area (TPSA) is 85.2 Å². The molecule has 1 aromatic carbocycles. The van der Waals surface area contributed by atoms with Gasteiger partial charge in [0.05, 0.1) is 13.7 Å². The molecule has 0 unspecified atom stereocenters. The SMILES string of the molecule is CNCc1cc(OC)cc2c1CN(c1cccc(-c3nncn3C(C)C)n1)C2=O. The Balaban J connectivity index is 1.72. The van der Waals surface area contributed by atoms with Gasteiger partial charge < -0.3 is 14.6 Å². The Morgan fingerprint density at radius 3 is 2.83 bits per heavy atom. The molecule has 1 N–H and O–H groups in total. The van der Waals surface area contributed by atoms with Gasteiger partial charge >= 0.3 is 0 Å². The van der Waals surface area contributed by atoms with Crippen molar-refractivity contribution in [2.45, 2.75) is 33.0 Å². The quantitative estimate of drug-likeness (QED) is 0.694. The third-order valence-corrected chi connectivity index (χ3v) is 5.08. The molecule has 2 aromatic heterocycles. The van der Waals surface area contributed by atoms with E-state index in [1.807, 2.05) is 35.9 Å². The number of rotatable bonds is 6. The van der Waals surface area contributed by atoms with E-state index in [-0.39, 0.29) is 11.9 Å². The number of anilines is 1. The minimum absolute atomic E-state index is 0.0776. The van der Waals surface area contributed by atoms with E-state index in [0.717, 1.165) is 11.1 Å². The largest absolute Gasteiger partial charge is 0.497 e. The first-order chi connectivity index (χ1) is 14.0. The van der Waals surface area contributed by atoms with Crippen LogP contribution < -0.4 is 15.0 Å². The number of carbonyl (C=O) groups is 1. The van der Waals surface area contributed by atoms with Gasteiger partial charge in [0.15, 0.2) is 5.82 Å². The molecule has 29 heavy (non-hydrogen) atoms. The number of hydrogen-bond donors (Lipinski definition) is 1. The maximum atomic E-state index is 13.2.